The van der Waals surface area contributed by atoms with E-state index < -0.39 is 0 Å². The fourth-order valence-electron chi connectivity index (χ4n) is 2.17. The van der Waals surface area contributed by atoms with Crippen LogP contribution in [0.25, 0.3) is 21.8 Å². The summed E-state index contributed by atoms with van der Waals surface area (Å²) in [5.74, 6) is 6.05. The fourth-order valence-corrected chi connectivity index (χ4v) is 2.17. The molecular formula is C13H13N3. The first kappa shape index (κ1) is 9.21. The molecule has 0 aliphatic heterocycles. The Morgan fingerprint density at radius 1 is 1.06 bits per heavy atom. The molecule has 3 heteroatoms. The van der Waals surface area contributed by atoms with Crippen LogP contribution in [0.5, 0.6) is 0 Å². The number of nitrogens with two attached hydrogens (primary N) is 1. The van der Waals surface area contributed by atoms with Crippen molar-refractivity contribution in [3.63, 3.8) is 0 Å². The summed E-state index contributed by atoms with van der Waals surface area (Å²) in [6.07, 6.45) is 1.83. The van der Waals surface area contributed by atoms with Crippen molar-refractivity contribution in [2.24, 2.45) is 0 Å². The zero-order chi connectivity index (χ0) is 11.3. The lowest BCUT2D eigenvalue weighted by Crippen LogP contribution is -2.06. The Morgan fingerprint density at radius 3 is 2.62 bits per heavy atom. The minimum atomic E-state index is 0.978. The van der Waals surface area contributed by atoms with Gasteiger partial charge in [-0.2, -0.15) is 0 Å². The van der Waals surface area contributed by atoms with Crippen LogP contribution in [0, 0.1) is 13.8 Å². The third-order valence-corrected chi connectivity index (χ3v) is 2.98. The lowest BCUT2D eigenvalue weighted by atomic mass is 10.1. The van der Waals surface area contributed by atoms with Gasteiger partial charge in [-0.1, -0.05) is 11.6 Å². The van der Waals surface area contributed by atoms with E-state index in [-0.39, 0.29) is 0 Å². The van der Waals surface area contributed by atoms with Gasteiger partial charge in [0, 0.05) is 16.5 Å². The molecule has 0 bridgehead atoms. The molecule has 0 unspecified atom stereocenters. The molecule has 16 heavy (non-hydrogen) atoms. The molecule has 3 aromatic rings. The third-order valence-electron chi connectivity index (χ3n) is 2.98. The topological polar surface area (TPSA) is 43.8 Å². The van der Waals surface area contributed by atoms with Crippen molar-refractivity contribution in [2.45, 2.75) is 13.8 Å². The number of aryl methyl sites for hydroxylation is 2. The first-order valence-corrected chi connectivity index (χ1v) is 5.29. The summed E-state index contributed by atoms with van der Waals surface area (Å²) in [4.78, 5) is 4.29. The highest BCUT2D eigenvalue weighted by Crippen LogP contribution is 2.27. The molecule has 0 saturated heterocycles. The molecule has 0 fully saturated rings. The highest BCUT2D eigenvalue weighted by molar-refractivity contribution is 6.08. The second-order valence-electron chi connectivity index (χ2n) is 4.23. The van der Waals surface area contributed by atoms with Crippen molar-refractivity contribution in [3.8, 4) is 0 Å². The third kappa shape index (κ3) is 1.11. The average Bonchev–Trinajstić information content (AvgIpc) is 2.52. The van der Waals surface area contributed by atoms with Crippen molar-refractivity contribution in [1.29, 1.82) is 0 Å². The van der Waals surface area contributed by atoms with Gasteiger partial charge in [0.2, 0.25) is 0 Å². The van der Waals surface area contributed by atoms with Crippen LogP contribution >= 0.6 is 0 Å². The number of hydrogen-bond acceptors (Lipinski definition) is 2. The SMILES string of the molecule is Cc1ccc2c(c1)c1cc(C)ncc1n2N. The van der Waals surface area contributed by atoms with Crippen LogP contribution in [0.15, 0.2) is 30.5 Å². The number of hydrogen-bond donors (Lipinski definition) is 1. The molecule has 2 N–H and O–H groups in total. The molecule has 0 aliphatic carbocycles. The lowest BCUT2D eigenvalue weighted by molar-refractivity contribution is 1.10. The van der Waals surface area contributed by atoms with Crippen LogP contribution < -0.4 is 5.84 Å². The van der Waals surface area contributed by atoms with Crippen molar-refractivity contribution < 1.29 is 0 Å². The van der Waals surface area contributed by atoms with Gasteiger partial charge in [0.1, 0.15) is 0 Å². The predicted octanol–water partition coefficient (Wildman–Crippen LogP) is 2.52. The van der Waals surface area contributed by atoms with E-state index in [1.54, 1.807) is 4.68 Å². The minimum absolute atomic E-state index is 0.978. The van der Waals surface area contributed by atoms with E-state index in [0.717, 1.165) is 16.7 Å². The quantitative estimate of drug-likeness (QED) is 0.581. The maximum Gasteiger partial charge on any atom is 0.0886 e. The van der Waals surface area contributed by atoms with Gasteiger partial charge in [-0.25, -0.2) is 0 Å². The number of nitrogens with zero attached hydrogens (tertiary/aromatic N) is 2. The highest BCUT2D eigenvalue weighted by atomic mass is 15.3. The van der Waals surface area contributed by atoms with Gasteiger partial charge in [0.15, 0.2) is 0 Å². The van der Waals surface area contributed by atoms with Crippen LogP contribution in [0.1, 0.15) is 11.3 Å². The van der Waals surface area contributed by atoms with Crippen molar-refractivity contribution in [3.05, 3.63) is 41.7 Å². The second kappa shape index (κ2) is 2.98. The molecule has 0 atom stereocenters. The molecule has 3 rings (SSSR count). The van der Waals surface area contributed by atoms with E-state index >= 15 is 0 Å². The van der Waals surface area contributed by atoms with Crippen LogP contribution in [0.4, 0.5) is 0 Å². The number of benzene rings is 1. The number of rotatable bonds is 0. The monoisotopic (exact) mass is 211 g/mol. The molecule has 0 amide bonds. The van der Waals surface area contributed by atoms with E-state index in [0.29, 0.717) is 0 Å². The van der Waals surface area contributed by atoms with Crippen LogP contribution in [0.3, 0.4) is 0 Å². The Hall–Kier alpha value is -2.03. The Morgan fingerprint density at radius 2 is 1.81 bits per heavy atom. The van der Waals surface area contributed by atoms with Crippen molar-refractivity contribution in [2.75, 3.05) is 5.84 Å². The van der Waals surface area contributed by atoms with E-state index in [1.807, 2.05) is 13.1 Å². The van der Waals surface area contributed by atoms with Crippen molar-refractivity contribution in [1.82, 2.24) is 9.66 Å². The minimum Gasteiger partial charge on any atom is -0.339 e. The van der Waals surface area contributed by atoms with Gasteiger partial charge in [-0.15, -0.1) is 0 Å². The Labute approximate surface area is 93.5 Å². The van der Waals surface area contributed by atoms with Crippen molar-refractivity contribution >= 4 is 21.8 Å². The zero-order valence-corrected chi connectivity index (χ0v) is 9.36. The largest absolute Gasteiger partial charge is 0.339 e. The van der Waals surface area contributed by atoms with Gasteiger partial charge < -0.3 is 5.84 Å². The predicted molar refractivity (Wildman–Crippen MR) is 66.9 cm³/mol. The molecule has 0 spiro atoms. The van der Waals surface area contributed by atoms with Gasteiger partial charge in [-0.3, -0.25) is 9.66 Å². The number of nitrogen functional groups attached to an aromatic ring is 1. The molecule has 2 aromatic heterocycles. The van der Waals surface area contributed by atoms with Crippen LogP contribution in [-0.4, -0.2) is 9.66 Å². The normalized spacial score (nSPS) is 11.4. The molecule has 0 aliphatic rings. The molecular weight excluding hydrogens is 198 g/mol. The van der Waals surface area contributed by atoms with Gasteiger partial charge >= 0.3 is 0 Å². The average molecular weight is 211 g/mol. The first-order chi connectivity index (χ1) is 7.66. The maximum absolute atomic E-state index is 6.05. The van der Waals surface area contributed by atoms with Crippen LogP contribution in [0.2, 0.25) is 0 Å². The number of fused-ring (bicyclic) bond motifs is 3. The molecule has 80 valence electrons. The Kier molecular flexibility index (Phi) is 1.72. The summed E-state index contributed by atoms with van der Waals surface area (Å²) in [6.45, 7) is 4.09. The Balaban J connectivity index is 2.60. The fraction of sp³-hybridized carbons (Fsp3) is 0.154. The van der Waals surface area contributed by atoms with E-state index in [9.17, 15) is 0 Å². The highest BCUT2D eigenvalue weighted by Gasteiger charge is 2.08. The van der Waals surface area contributed by atoms with Gasteiger partial charge in [-0.05, 0) is 32.0 Å². The molecule has 0 radical (unpaired) electrons. The van der Waals surface area contributed by atoms with E-state index in [1.165, 1.54) is 16.3 Å². The Bertz CT molecular complexity index is 636. The molecule has 0 saturated carbocycles. The van der Waals surface area contributed by atoms with Crippen LogP contribution in [-0.2, 0) is 0 Å². The summed E-state index contributed by atoms with van der Waals surface area (Å²) < 4.78 is 1.70. The summed E-state index contributed by atoms with van der Waals surface area (Å²) in [7, 11) is 0. The molecule has 1 aromatic carbocycles. The lowest BCUT2D eigenvalue weighted by Gasteiger charge is -1.97. The summed E-state index contributed by atoms with van der Waals surface area (Å²) in [6, 6.07) is 8.38. The second-order valence-corrected chi connectivity index (χ2v) is 4.23. The maximum atomic E-state index is 6.05. The zero-order valence-electron chi connectivity index (χ0n) is 9.36. The van der Waals surface area contributed by atoms with E-state index in [4.69, 9.17) is 5.84 Å². The van der Waals surface area contributed by atoms with E-state index in [2.05, 4.69) is 36.2 Å². The van der Waals surface area contributed by atoms with Gasteiger partial charge in [0.05, 0.1) is 17.2 Å². The summed E-state index contributed by atoms with van der Waals surface area (Å²) in [5.41, 5.74) is 4.29. The molecule has 2 heterocycles. The summed E-state index contributed by atoms with van der Waals surface area (Å²) in [5, 5.41) is 2.37. The first-order valence-electron chi connectivity index (χ1n) is 5.29. The summed E-state index contributed by atoms with van der Waals surface area (Å²) >= 11 is 0. The molecule has 3 nitrogen and oxygen atoms in total. The number of pyridine rings is 1. The van der Waals surface area contributed by atoms with Gasteiger partial charge in [0.25, 0.3) is 0 Å². The standard InChI is InChI=1S/C13H13N3/c1-8-3-4-12-10(5-8)11-6-9(2)15-7-13(11)16(12)14/h3-7H,14H2,1-2H3. The number of aromatic nitrogens is 2. The smallest absolute Gasteiger partial charge is 0.0886 e.